The summed E-state index contributed by atoms with van der Waals surface area (Å²) in [4.78, 5) is 24.7. The first-order valence-electron chi connectivity index (χ1n) is 11.6. The van der Waals surface area contributed by atoms with Crippen LogP contribution >= 0.6 is 0 Å². The van der Waals surface area contributed by atoms with Crippen molar-refractivity contribution >= 4 is 11.8 Å². The van der Waals surface area contributed by atoms with Crippen LogP contribution < -0.4 is 0 Å². The second-order valence-corrected chi connectivity index (χ2v) is 11.1. The van der Waals surface area contributed by atoms with E-state index in [1.807, 2.05) is 0 Å². The second-order valence-electron chi connectivity index (χ2n) is 11.1. The molecular weight excluding hydrogens is 352 g/mol. The van der Waals surface area contributed by atoms with Crippen molar-refractivity contribution in [2.45, 2.75) is 91.1 Å². The maximum Gasteiger partial charge on any atom is 0.303 e. The molecule has 0 aliphatic heterocycles. The number of hydrogen-bond acceptors (Lipinski definition) is 3. The van der Waals surface area contributed by atoms with Gasteiger partial charge >= 0.3 is 5.97 Å². The summed E-state index contributed by atoms with van der Waals surface area (Å²) in [6, 6.07) is 0. The number of Topliss-reactive ketones (excluding diaryl/α,β-unsaturated/α-hetero) is 1. The molecule has 0 bridgehead atoms. The van der Waals surface area contributed by atoms with E-state index in [1.165, 1.54) is 12.8 Å². The van der Waals surface area contributed by atoms with Gasteiger partial charge in [0.2, 0.25) is 0 Å². The highest BCUT2D eigenvalue weighted by Crippen LogP contribution is 2.67. The third-order valence-electron chi connectivity index (χ3n) is 10.1. The number of aliphatic hydroxyl groups is 1. The molecule has 0 aromatic carbocycles. The van der Waals surface area contributed by atoms with Crippen LogP contribution in [0.1, 0.15) is 85.0 Å². The van der Waals surface area contributed by atoms with E-state index in [0.717, 1.165) is 32.1 Å². The Morgan fingerprint density at radius 1 is 1.14 bits per heavy atom. The van der Waals surface area contributed by atoms with Crippen molar-refractivity contribution in [3.05, 3.63) is 0 Å². The van der Waals surface area contributed by atoms with E-state index in [-0.39, 0.29) is 23.4 Å². The third kappa shape index (κ3) is 2.97. The number of aliphatic hydroxyl groups excluding tert-OH is 1. The number of fused-ring (bicyclic) bond motifs is 5. The lowest BCUT2D eigenvalue weighted by Crippen LogP contribution is -2.57. The first-order valence-corrected chi connectivity index (χ1v) is 11.6. The Hall–Kier alpha value is -0.900. The summed E-state index contributed by atoms with van der Waals surface area (Å²) in [5, 5.41) is 19.3. The predicted octanol–water partition coefficient (Wildman–Crippen LogP) is 4.69. The van der Waals surface area contributed by atoms with Crippen molar-refractivity contribution in [1.29, 1.82) is 0 Å². The van der Waals surface area contributed by atoms with E-state index in [2.05, 4.69) is 20.8 Å². The second kappa shape index (κ2) is 7.11. The summed E-state index contributed by atoms with van der Waals surface area (Å²) >= 11 is 0. The number of ketones is 1. The number of carboxylic acid groups (broad SMARTS) is 1. The largest absolute Gasteiger partial charge is 0.481 e. The highest BCUT2D eigenvalue weighted by Gasteiger charge is 2.63. The predicted molar refractivity (Wildman–Crippen MR) is 108 cm³/mol. The minimum atomic E-state index is -0.729. The van der Waals surface area contributed by atoms with E-state index in [0.29, 0.717) is 54.1 Å². The SMILES string of the molecule is C[C@H](CCC(=O)O)[C@H]1CC[C@H]2[C@@H]3CC[C@H]4C[C@H](O)CC[C@]4(C)[C@H]3CC(=O)[C@]12C. The van der Waals surface area contributed by atoms with Crippen molar-refractivity contribution in [3.63, 3.8) is 0 Å². The first kappa shape index (κ1) is 20.4. The van der Waals surface area contributed by atoms with Crippen molar-refractivity contribution in [2.75, 3.05) is 0 Å². The summed E-state index contributed by atoms with van der Waals surface area (Å²) < 4.78 is 0. The summed E-state index contributed by atoms with van der Waals surface area (Å²) in [6.07, 6.45) is 8.96. The Bertz CT molecular complexity index is 645. The van der Waals surface area contributed by atoms with Gasteiger partial charge in [-0.05, 0) is 92.3 Å². The average molecular weight is 391 g/mol. The Morgan fingerprint density at radius 2 is 1.89 bits per heavy atom. The highest BCUT2D eigenvalue weighted by molar-refractivity contribution is 5.87. The molecule has 0 amide bonds. The van der Waals surface area contributed by atoms with Gasteiger partial charge in [-0.2, -0.15) is 0 Å². The van der Waals surface area contributed by atoms with Crippen molar-refractivity contribution in [2.24, 2.45) is 46.3 Å². The Kier molecular flexibility index (Phi) is 5.17. The molecule has 4 fully saturated rings. The number of carbonyl (C=O) groups is 2. The zero-order valence-corrected chi connectivity index (χ0v) is 17.8. The molecule has 4 aliphatic carbocycles. The van der Waals surface area contributed by atoms with Gasteiger partial charge in [0.15, 0.2) is 0 Å². The van der Waals surface area contributed by atoms with Crippen LogP contribution in [0.25, 0.3) is 0 Å². The fourth-order valence-corrected chi connectivity index (χ4v) is 8.44. The van der Waals surface area contributed by atoms with Gasteiger partial charge in [-0.1, -0.05) is 20.8 Å². The van der Waals surface area contributed by atoms with Gasteiger partial charge in [0.25, 0.3) is 0 Å². The van der Waals surface area contributed by atoms with Crippen LogP contribution in [0.2, 0.25) is 0 Å². The Balaban J connectivity index is 1.57. The highest BCUT2D eigenvalue weighted by atomic mass is 16.4. The molecule has 0 aromatic heterocycles. The van der Waals surface area contributed by atoms with Crippen LogP contribution in [-0.4, -0.2) is 28.1 Å². The number of rotatable bonds is 4. The number of carbonyl (C=O) groups excluding carboxylic acids is 1. The van der Waals surface area contributed by atoms with E-state index in [9.17, 15) is 14.7 Å². The molecule has 0 saturated heterocycles. The molecule has 4 heteroatoms. The van der Waals surface area contributed by atoms with E-state index in [4.69, 9.17) is 5.11 Å². The van der Waals surface area contributed by atoms with Crippen molar-refractivity contribution in [3.8, 4) is 0 Å². The van der Waals surface area contributed by atoms with Gasteiger partial charge in [-0.3, -0.25) is 9.59 Å². The number of carboxylic acids is 1. The van der Waals surface area contributed by atoms with Crippen LogP contribution in [-0.2, 0) is 9.59 Å². The van der Waals surface area contributed by atoms with E-state index in [1.54, 1.807) is 0 Å². The topological polar surface area (TPSA) is 74.6 Å². The Labute approximate surface area is 169 Å². The summed E-state index contributed by atoms with van der Waals surface area (Å²) in [7, 11) is 0. The van der Waals surface area contributed by atoms with Crippen LogP contribution in [0, 0.1) is 46.3 Å². The fraction of sp³-hybridized carbons (Fsp3) is 0.917. The monoisotopic (exact) mass is 390 g/mol. The quantitative estimate of drug-likeness (QED) is 0.730. The molecule has 4 saturated carbocycles. The summed E-state index contributed by atoms with van der Waals surface area (Å²) in [5.74, 6) is 2.52. The lowest BCUT2D eigenvalue weighted by atomic mass is 9.44. The normalized spacial score (nSPS) is 49.1. The Morgan fingerprint density at radius 3 is 2.61 bits per heavy atom. The molecule has 0 unspecified atom stereocenters. The van der Waals surface area contributed by atoms with Crippen LogP contribution in [0.5, 0.6) is 0 Å². The van der Waals surface area contributed by atoms with Gasteiger partial charge in [0.05, 0.1) is 6.10 Å². The minimum Gasteiger partial charge on any atom is -0.481 e. The maximum absolute atomic E-state index is 13.6. The van der Waals surface area contributed by atoms with Gasteiger partial charge in [-0.15, -0.1) is 0 Å². The first-order chi connectivity index (χ1) is 13.2. The molecule has 0 heterocycles. The van der Waals surface area contributed by atoms with E-state index >= 15 is 0 Å². The van der Waals surface area contributed by atoms with Crippen LogP contribution in [0.4, 0.5) is 0 Å². The number of hydrogen-bond donors (Lipinski definition) is 2. The minimum absolute atomic E-state index is 0.148. The van der Waals surface area contributed by atoms with Crippen molar-refractivity contribution < 1.29 is 19.8 Å². The summed E-state index contributed by atoms with van der Waals surface area (Å²) in [6.45, 7) is 6.81. The molecule has 4 aliphatic rings. The smallest absolute Gasteiger partial charge is 0.303 e. The van der Waals surface area contributed by atoms with E-state index < -0.39 is 5.97 Å². The number of aliphatic carboxylic acids is 1. The molecule has 4 rings (SSSR count). The fourth-order valence-electron chi connectivity index (χ4n) is 8.44. The zero-order valence-electron chi connectivity index (χ0n) is 17.8. The van der Waals surface area contributed by atoms with Gasteiger partial charge in [-0.25, -0.2) is 0 Å². The zero-order chi connectivity index (χ0) is 20.3. The maximum atomic E-state index is 13.6. The third-order valence-corrected chi connectivity index (χ3v) is 10.1. The van der Waals surface area contributed by atoms with Gasteiger partial charge in [0.1, 0.15) is 5.78 Å². The molecule has 2 N–H and O–H groups in total. The molecule has 158 valence electrons. The molecule has 9 atom stereocenters. The lowest BCUT2D eigenvalue weighted by Gasteiger charge is -2.60. The molecule has 0 aromatic rings. The van der Waals surface area contributed by atoms with Crippen LogP contribution in [0.3, 0.4) is 0 Å². The molecular formula is C24H38O4. The van der Waals surface area contributed by atoms with Gasteiger partial charge < -0.3 is 10.2 Å². The molecule has 4 nitrogen and oxygen atoms in total. The molecule has 0 radical (unpaired) electrons. The van der Waals surface area contributed by atoms with Crippen LogP contribution in [0.15, 0.2) is 0 Å². The van der Waals surface area contributed by atoms with Crippen molar-refractivity contribution in [1.82, 2.24) is 0 Å². The summed E-state index contributed by atoms with van der Waals surface area (Å²) in [5.41, 5.74) is -0.0391. The standard InChI is InChI=1S/C24H38O4/c1-14(4-9-22(27)28)18-7-8-19-17-6-5-15-12-16(25)10-11-23(15,2)20(17)13-21(26)24(18,19)3/h14-20,25H,4-13H2,1-3H3,(H,27,28)/t14-,15+,16-,17+,18-,19+,20+,23+,24-/m1/s1. The molecule has 0 spiro atoms. The lowest BCUT2D eigenvalue weighted by molar-refractivity contribution is -0.160. The molecule has 28 heavy (non-hydrogen) atoms. The van der Waals surface area contributed by atoms with Gasteiger partial charge in [0, 0.05) is 18.3 Å². The average Bonchev–Trinajstić information content (AvgIpc) is 3.00.